The van der Waals surface area contributed by atoms with E-state index in [1.807, 2.05) is 23.5 Å². The molecule has 2 aromatic heterocycles. The van der Waals surface area contributed by atoms with Crippen LogP contribution in [0.5, 0.6) is 0 Å². The van der Waals surface area contributed by atoms with Gasteiger partial charge >= 0.3 is 0 Å². The largest absolute Gasteiger partial charge is 0.307 e. The number of nitriles is 1. The SMILES string of the molecule is N#Cc1cccc(-c2ccccc2-c2ccc3sc4ccccc4c3c2)c1-n1c2ccccc2c2ccccc21. The van der Waals surface area contributed by atoms with Crippen molar-refractivity contribution >= 4 is 53.3 Å². The zero-order chi connectivity index (χ0) is 26.6. The average molecular weight is 527 g/mol. The Kier molecular flexibility index (Phi) is 5.10. The number of aromatic nitrogens is 1. The first-order chi connectivity index (χ1) is 19.8. The van der Waals surface area contributed by atoms with Crippen molar-refractivity contribution in [3.63, 3.8) is 0 Å². The molecule has 2 heterocycles. The highest BCUT2D eigenvalue weighted by Gasteiger charge is 2.20. The van der Waals surface area contributed by atoms with Crippen LogP contribution in [0.15, 0.2) is 133 Å². The minimum absolute atomic E-state index is 0.651. The van der Waals surface area contributed by atoms with Crippen LogP contribution in [-0.2, 0) is 0 Å². The molecule has 0 atom stereocenters. The Morgan fingerprint density at radius 3 is 1.85 bits per heavy atom. The Balaban J connectivity index is 1.43. The third-order valence-electron chi connectivity index (χ3n) is 7.87. The number of fused-ring (bicyclic) bond motifs is 6. The number of benzene rings is 6. The Bertz CT molecular complexity index is 2240. The van der Waals surface area contributed by atoms with Crippen LogP contribution in [0.1, 0.15) is 5.56 Å². The summed E-state index contributed by atoms with van der Waals surface area (Å²) in [5.74, 6) is 0. The van der Waals surface area contributed by atoms with E-state index in [4.69, 9.17) is 0 Å². The molecule has 0 aliphatic carbocycles. The van der Waals surface area contributed by atoms with Crippen molar-refractivity contribution in [3.05, 3.63) is 139 Å². The molecule has 3 heteroatoms. The maximum atomic E-state index is 10.4. The van der Waals surface area contributed by atoms with Crippen LogP contribution in [0, 0.1) is 11.3 Å². The second-order valence-electron chi connectivity index (χ2n) is 10.0. The molecule has 6 aromatic carbocycles. The van der Waals surface area contributed by atoms with Gasteiger partial charge in [0.05, 0.1) is 22.3 Å². The minimum Gasteiger partial charge on any atom is -0.307 e. The normalized spacial score (nSPS) is 11.5. The fourth-order valence-corrected chi connectivity index (χ4v) is 7.21. The van der Waals surface area contributed by atoms with E-state index in [1.54, 1.807) is 0 Å². The standard InChI is InChI=1S/C37H22N2S/c38-23-25-10-9-16-31(37(25)39-33-17-6-3-13-28(33)29-14-4-7-18-34(29)39)27-12-2-1-11-26(27)24-20-21-36-32(22-24)30-15-5-8-19-35(30)40-36/h1-22H. The van der Waals surface area contributed by atoms with E-state index >= 15 is 0 Å². The molecule has 0 saturated heterocycles. The van der Waals surface area contributed by atoms with Gasteiger partial charge in [-0.25, -0.2) is 0 Å². The maximum absolute atomic E-state index is 10.4. The summed E-state index contributed by atoms with van der Waals surface area (Å²) in [6, 6.07) is 49.5. The lowest BCUT2D eigenvalue weighted by Gasteiger charge is -2.18. The fraction of sp³-hybridized carbons (Fsp3) is 0. The Morgan fingerprint density at radius 2 is 1.10 bits per heavy atom. The molecule has 0 aliphatic rings. The molecule has 186 valence electrons. The first-order valence-corrected chi connectivity index (χ1v) is 14.2. The summed E-state index contributed by atoms with van der Waals surface area (Å²) in [6.45, 7) is 0. The van der Waals surface area contributed by atoms with Gasteiger partial charge in [-0.2, -0.15) is 5.26 Å². The summed E-state index contributed by atoms with van der Waals surface area (Å²) in [5, 5.41) is 15.3. The average Bonchev–Trinajstić information content (AvgIpc) is 3.56. The molecule has 0 unspecified atom stereocenters. The third kappa shape index (κ3) is 3.34. The van der Waals surface area contributed by atoms with Crippen LogP contribution in [-0.4, -0.2) is 4.57 Å². The van der Waals surface area contributed by atoms with E-state index in [0.717, 1.165) is 33.4 Å². The van der Waals surface area contributed by atoms with E-state index < -0.39 is 0 Å². The van der Waals surface area contributed by atoms with Gasteiger partial charge in [-0.05, 0) is 53.1 Å². The van der Waals surface area contributed by atoms with Crippen molar-refractivity contribution in [2.45, 2.75) is 0 Å². The lowest BCUT2D eigenvalue weighted by atomic mass is 9.91. The molecule has 0 N–H and O–H groups in total. The highest BCUT2D eigenvalue weighted by molar-refractivity contribution is 7.25. The number of hydrogen-bond acceptors (Lipinski definition) is 2. The fourth-order valence-electron chi connectivity index (χ4n) is 6.12. The van der Waals surface area contributed by atoms with Crippen LogP contribution in [0.2, 0.25) is 0 Å². The number of rotatable bonds is 3. The van der Waals surface area contributed by atoms with Crippen LogP contribution in [0.4, 0.5) is 0 Å². The summed E-state index contributed by atoms with van der Waals surface area (Å²) in [4.78, 5) is 0. The van der Waals surface area contributed by atoms with Gasteiger partial charge in [0.1, 0.15) is 6.07 Å². The van der Waals surface area contributed by atoms with Crippen molar-refractivity contribution < 1.29 is 0 Å². The van der Waals surface area contributed by atoms with Crippen molar-refractivity contribution in [1.29, 1.82) is 5.26 Å². The highest BCUT2D eigenvalue weighted by atomic mass is 32.1. The maximum Gasteiger partial charge on any atom is 0.101 e. The summed E-state index contributed by atoms with van der Waals surface area (Å²) in [7, 11) is 0. The van der Waals surface area contributed by atoms with Gasteiger partial charge in [-0.1, -0.05) is 97.1 Å². The molecule has 0 radical (unpaired) electrons. The Labute approximate surface area is 235 Å². The second kappa shape index (κ2) is 8.95. The first kappa shape index (κ1) is 22.8. The van der Waals surface area contributed by atoms with E-state index in [-0.39, 0.29) is 0 Å². The summed E-state index contributed by atoms with van der Waals surface area (Å²) in [6.07, 6.45) is 0. The van der Waals surface area contributed by atoms with Crippen LogP contribution >= 0.6 is 11.3 Å². The zero-order valence-corrected chi connectivity index (χ0v) is 22.3. The van der Waals surface area contributed by atoms with Crippen molar-refractivity contribution in [3.8, 4) is 34.0 Å². The Morgan fingerprint density at radius 1 is 0.500 bits per heavy atom. The molecule has 0 bridgehead atoms. The van der Waals surface area contributed by atoms with Crippen LogP contribution in [0.25, 0.3) is 69.9 Å². The molecule has 8 aromatic rings. The molecule has 2 nitrogen and oxygen atoms in total. The topological polar surface area (TPSA) is 28.7 Å². The van der Waals surface area contributed by atoms with E-state index in [9.17, 15) is 5.26 Å². The molecule has 40 heavy (non-hydrogen) atoms. The van der Waals surface area contributed by atoms with Gasteiger partial charge in [-0.15, -0.1) is 11.3 Å². The lowest BCUT2D eigenvalue weighted by Crippen LogP contribution is -2.01. The van der Waals surface area contributed by atoms with Gasteiger partial charge in [0, 0.05) is 36.5 Å². The van der Waals surface area contributed by atoms with E-state index in [1.165, 1.54) is 36.5 Å². The van der Waals surface area contributed by atoms with Gasteiger partial charge < -0.3 is 4.57 Å². The van der Waals surface area contributed by atoms with Crippen LogP contribution in [0.3, 0.4) is 0 Å². The van der Waals surface area contributed by atoms with Crippen molar-refractivity contribution in [2.24, 2.45) is 0 Å². The molecular weight excluding hydrogens is 504 g/mol. The Hall–Kier alpha value is -5.17. The lowest BCUT2D eigenvalue weighted by molar-refractivity contribution is 1.17. The number of para-hydroxylation sites is 3. The summed E-state index contributed by atoms with van der Waals surface area (Å²) in [5.41, 5.74) is 8.22. The number of nitrogens with zero attached hydrogens (tertiary/aromatic N) is 2. The molecule has 0 amide bonds. The molecule has 0 saturated carbocycles. The summed E-state index contributed by atoms with van der Waals surface area (Å²) < 4.78 is 4.86. The second-order valence-corrected chi connectivity index (χ2v) is 11.1. The third-order valence-corrected chi connectivity index (χ3v) is 9.02. The van der Waals surface area contributed by atoms with Crippen LogP contribution < -0.4 is 0 Å². The summed E-state index contributed by atoms with van der Waals surface area (Å²) >= 11 is 1.83. The molecule has 0 spiro atoms. The first-order valence-electron chi connectivity index (χ1n) is 13.3. The molecular formula is C37H22N2S. The number of hydrogen-bond donors (Lipinski definition) is 0. The van der Waals surface area contributed by atoms with E-state index in [2.05, 4.69) is 132 Å². The number of thiophene rings is 1. The molecule has 0 aliphatic heterocycles. The highest BCUT2D eigenvalue weighted by Crippen LogP contribution is 2.42. The monoisotopic (exact) mass is 526 g/mol. The van der Waals surface area contributed by atoms with E-state index in [0.29, 0.717) is 5.56 Å². The van der Waals surface area contributed by atoms with Gasteiger partial charge in [-0.3, -0.25) is 0 Å². The van der Waals surface area contributed by atoms with Crippen molar-refractivity contribution in [1.82, 2.24) is 4.57 Å². The van der Waals surface area contributed by atoms with Gasteiger partial charge in [0.25, 0.3) is 0 Å². The minimum atomic E-state index is 0.651. The molecule has 8 rings (SSSR count). The zero-order valence-electron chi connectivity index (χ0n) is 21.5. The molecule has 0 fully saturated rings. The predicted molar refractivity (Wildman–Crippen MR) is 169 cm³/mol. The van der Waals surface area contributed by atoms with Gasteiger partial charge in [0.15, 0.2) is 0 Å². The van der Waals surface area contributed by atoms with Gasteiger partial charge in [0.2, 0.25) is 0 Å². The predicted octanol–water partition coefficient (Wildman–Crippen LogP) is 10.4. The smallest absolute Gasteiger partial charge is 0.101 e. The quantitative estimate of drug-likeness (QED) is 0.225. The van der Waals surface area contributed by atoms with Crippen molar-refractivity contribution in [2.75, 3.05) is 0 Å².